The summed E-state index contributed by atoms with van der Waals surface area (Å²) in [6.45, 7) is 1.95. The smallest absolute Gasteiger partial charge is 0.198 e. The van der Waals surface area contributed by atoms with Gasteiger partial charge in [-0.3, -0.25) is 4.79 Å². The highest BCUT2D eigenvalue weighted by Gasteiger charge is 2.42. The molecular formula is C13H16O5. The number of hydrogen-bond acceptors (Lipinski definition) is 5. The molecule has 0 N–H and O–H groups in total. The van der Waals surface area contributed by atoms with Gasteiger partial charge in [-0.25, -0.2) is 0 Å². The Hall–Kier alpha value is -1.59. The van der Waals surface area contributed by atoms with Crippen LogP contribution in [-0.2, 0) is 9.47 Å². The zero-order valence-corrected chi connectivity index (χ0v) is 10.6. The van der Waals surface area contributed by atoms with Crippen molar-refractivity contribution in [2.75, 3.05) is 21.0 Å². The van der Waals surface area contributed by atoms with E-state index < -0.39 is 0 Å². The number of epoxide rings is 1. The number of methoxy groups -OCH3 is 2. The number of carbonyl (C=O) groups excluding carboxylic acids is 1. The molecule has 1 aliphatic rings. The summed E-state index contributed by atoms with van der Waals surface area (Å²) in [7, 11) is 3.08. The Balaban J connectivity index is 2.25. The Morgan fingerprint density at radius 2 is 2.11 bits per heavy atom. The first kappa shape index (κ1) is 12.9. The molecule has 5 nitrogen and oxygen atoms in total. The molecule has 0 aliphatic carbocycles. The first-order valence-electron chi connectivity index (χ1n) is 5.67. The Labute approximate surface area is 106 Å². The normalized spacial score (nSPS) is 21.5. The van der Waals surface area contributed by atoms with E-state index in [-0.39, 0.29) is 24.8 Å². The molecule has 0 amide bonds. The lowest BCUT2D eigenvalue weighted by Gasteiger charge is -2.10. The van der Waals surface area contributed by atoms with E-state index >= 15 is 0 Å². The molecule has 98 valence electrons. The predicted octanol–water partition coefficient (Wildman–Crippen LogP) is 1.65. The quantitative estimate of drug-likeness (QED) is 0.437. The number of rotatable bonds is 6. The first-order valence-corrected chi connectivity index (χ1v) is 5.67. The minimum atomic E-state index is -0.373. The van der Waals surface area contributed by atoms with Crippen molar-refractivity contribution >= 4 is 5.78 Å². The third-order valence-corrected chi connectivity index (χ3v) is 2.75. The number of ketones is 1. The third kappa shape index (κ3) is 2.63. The maximum absolute atomic E-state index is 12.2. The highest BCUT2D eigenvalue weighted by molar-refractivity contribution is 6.03. The summed E-state index contributed by atoms with van der Waals surface area (Å²) in [5.74, 6) is 0.995. The average molecular weight is 252 g/mol. The van der Waals surface area contributed by atoms with Gasteiger partial charge < -0.3 is 18.9 Å². The van der Waals surface area contributed by atoms with E-state index in [4.69, 9.17) is 18.9 Å². The number of Topliss-reactive ketones (excluding diaryl/α,β-unsaturated/α-hetero) is 1. The molecule has 1 aromatic rings. The summed E-state index contributed by atoms with van der Waals surface area (Å²) < 4.78 is 20.5. The summed E-state index contributed by atoms with van der Waals surface area (Å²) in [6.07, 6.45) is -0.402. The molecule has 1 heterocycles. The van der Waals surface area contributed by atoms with E-state index in [0.717, 1.165) is 0 Å². The van der Waals surface area contributed by atoms with E-state index in [2.05, 4.69) is 0 Å². The zero-order chi connectivity index (χ0) is 13.1. The van der Waals surface area contributed by atoms with Gasteiger partial charge in [0.1, 0.15) is 17.6 Å². The predicted molar refractivity (Wildman–Crippen MR) is 64.2 cm³/mol. The van der Waals surface area contributed by atoms with E-state index in [9.17, 15) is 4.79 Å². The van der Waals surface area contributed by atoms with Gasteiger partial charge in [-0.2, -0.15) is 0 Å². The van der Waals surface area contributed by atoms with Crippen molar-refractivity contribution in [3.8, 4) is 11.5 Å². The number of ether oxygens (including phenoxy) is 4. The Kier molecular flexibility index (Phi) is 3.84. The topological polar surface area (TPSA) is 57.3 Å². The molecule has 1 aromatic carbocycles. The van der Waals surface area contributed by atoms with Gasteiger partial charge >= 0.3 is 0 Å². The molecular weight excluding hydrogens is 236 g/mol. The Morgan fingerprint density at radius 1 is 1.39 bits per heavy atom. The standard InChI is InChI=1S/C13H16O5/c1-8-13(18-8)12(14)10-6-9(16-3)4-5-11(10)17-7-15-2/h4-6,8,13H,7H2,1-3H3/t8-,13-/m1/s1. The van der Waals surface area contributed by atoms with Crippen LogP contribution in [0.4, 0.5) is 0 Å². The fourth-order valence-corrected chi connectivity index (χ4v) is 1.69. The number of carbonyl (C=O) groups is 1. The summed E-state index contributed by atoms with van der Waals surface area (Å²) >= 11 is 0. The lowest BCUT2D eigenvalue weighted by molar-refractivity contribution is 0.0500. The molecule has 0 unspecified atom stereocenters. The minimum absolute atomic E-state index is 0.0287. The lowest BCUT2D eigenvalue weighted by Crippen LogP contribution is -2.12. The van der Waals surface area contributed by atoms with Crippen LogP contribution in [0, 0.1) is 0 Å². The molecule has 2 atom stereocenters. The molecule has 18 heavy (non-hydrogen) atoms. The highest BCUT2D eigenvalue weighted by Crippen LogP contribution is 2.31. The number of benzene rings is 1. The summed E-state index contributed by atoms with van der Waals surface area (Å²) in [6, 6.07) is 5.08. The Bertz CT molecular complexity index is 443. The third-order valence-electron chi connectivity index (χ3n) is 2.75. The van der Waals surface area contributed by atoms with Crippen LogP contribution in [0.3, 0.4) is 0 Å². The fraction of sp³-hybridized carbons (Fsp3) is 0.462. The molecule has 0 aromatic heterocycles. The summed E-state index contributed by atoms with van der Waals surface area (Å²) in [5.41, 5.74) is 0.459. The Morgan fingerprint density at radius 3 is 2.67 bits per heavy atom. The second-order valence-electron chi connectivity index (χ2n) is 4.04. The molecule has 0 spiro atoms. The molecule has 0 bridgehead atoms. The second-order valence-corrected chi connectivity index (χ2v) is 4.04. The van der Waals surface area contributed by atoms with Crippen molar-refractivity contribution in [3.63, 3.8) is 0 Å². The largest absolute Gasteiger partial charge is 0.497 e. The SMILES string of the molecule is COCOc1ccc(OC)cc1C(=O)[C@@H]1O[C@@H]1C. The molecule has 1 saturated heterocycles. The van der Waals surface area contributed by atoms with E-state index in [0.29, 0.717) is 17.1 Å². The average Bonchev–Trinajstić information content (AvgIpc) is 3.12. The molecule has 0 saturated carbocycles. The van der Waals surface area contributed by atoms with Crippen LogP contribution in [0.1, 0.15) is 17.3 Å². The van der Waals surface area contributed by atoms with Crippen molar-refractivity contribution in [2.24, 2.45) is 0 Å². The minimum Gasteiger partial charge on any atom is -0.497 e. The van der Waals surface area contributed by atoms with Crippen molar-refractivity contribution in [1.29, 1.82) is 0 Å². The van der Waals surface area contributed by atoms with Crippen LogP contribution >= 0.6 is 0 Å². The van der Waals surface area contributed by atoms with Crippen molar-refractivity contribution in [2.45, 2.75) is 19.1 Å². The summed E-state index contributed by atoms with van der Waals surface area (Å²) in [5, 5.41) is 0. The van der Waals surface area contributed by atoms with Crippen LogP contribution in [0.25, 0.3) is 0 Å². The van der Waals surface area contributed by atoms with Gasteiger partial charge in [0, 0.05) is 7.11 Å². The van der Waals surface area contributed by atoms with E-state index in [1.807, 2.05) is 6.92 Å². The first-order chi connectivity index (χ1) is 8.67. The van der Waals surface area contributed by atoms with Crippen molar-refractivity contribution in [3.05, 3.63) is 23.8 Å². The van der Waals surface area contributed by atoms with Crippen LogP contribution in [0.5, 0.6) is 11.5 Å². The fourth-order valence-electron chi connectivity index (χ4n) is 1.69. The van der Waals surface area contributed by atoms with E-state index in [1.165, 1.54) is 7.11 Å². The van der Waals surface area contributed by atoms with Gasteiger partial charge in [-0.15, -0.1) is 0 Å². The monoisotopic (exact) mass is 252 g/mol. The van der Waals surface area contributed by atoms with Crippen LogP contribution < -0.4 is 9.47 Å². The van der Waals surface area contributed by atoms with Gasteiger partial charge in [-0.1, -0.05) is 0 Å². The van der Waals surface area contributed by atoms with Crippen LogP contribution in [-0.4, -0.2) is 39.0 Å². The van der Waals surface area contributed by atoms with Gasteiger partial charge in [0.05, 0.1) is 18.8 Å². The van der Waals surface area contributed by atoms with Crippen molar-refractivity contribution in [1.82, 2.24) is 0 Å². The molecule has 1 aliphatic heterocycles. The van der Waals surface area contributed by atoms with E-state index in [1.54, 1.807) is 25.3 Å². The molecule has 0 radical (unpaired) electrons. The highest BCUT2D eigenvalue weighted by atomic mass is 16.7. The lowest BCUT2D eigenvalue weighted by atomic mass is 10.1. The zero-order valence-electron chi connectivity index (χ0n) is 10.6. The maximum atomic E-state index is 12.2. The van der Waals surface area contributed by atoms with Gasteiger partial charge in [0.25, 0.3) is 0 Å². The molecule has 5 heteroatoms. The van der Waals surface area contributed by atoms with Crippen molar-refractivity contribution < 1.29 is 23.7 Å². The summed E-state index contributed by atoms with van der Waals surface area (Å²) in [4.78, 5) is 12.2. The van der Waals surface area contributed by atoms with Crippen LogP contribution in [0.2, 0.25) is 0 Å². The van der Waals surface area contributed by atoms with Gasteiger partial charge in [0.2, 0.25) is 0 Å². The maximum Gasteiger partial charge on any atom is 0.198 e. The molecule has 1 fully saturated rings. The van der Waals surface area contributed by atoms with Gasteiger partial charge in [0.15, 0.2) is 12.6 Å². The second kappa shape index (κ2) is 5.37. The molecule has 2 rings (SSSR count). The number of hydrogen-bond donors (Lipinski definition) is 0. The van der Waals surface area contributed by atoms with Crippen LogP contribution in [0.15, 0.2) is 18.2 Å². The van der Waals surface area contributed by atoms with Gasteiger partial charge in [-0.05, 0) is 25.1 Å².